The van der Waals surface area contributed by atoms with E-state index < -0.39 is 0 Å². The molecule has 2 aromatic rings. The third kappa shape index (κ3) is 7.60. The summed E-state index contributed by atoms with van der Waals surface area (Å²) in [6.07, 6.45) is 5.55. The van der Waals surface area contributed by atoms with Crippen molar-refractivity contribution >= 4 is 17.5 Å². The molecular weight excluding hydrogens is 464 g/mol. The van der Waals surface area contributed by atoms with Crippen LogP contribution in [0.2, 0.25) is 5.02 Å². The molecule has 0 bridgehead atoms. The topological polar surface area (TPSA) is 51.2 Å². The Hall–Kier alpha value is -2.28. The highest BCUT2D eigenvalue weighted by molar-refractivity contribution is 6.30. The monoisotopic (exact) mass is 500 g/mol. The maximum absolute atomic E-state index is 11.9. The first kappa shape index (κ1) is 25.8. The lowest BCUT2D eigenvalue weighted by Gasteiger charge is -2.40. The maximum Gasteiger partial charge on any atom is 0.222 e. The summed E-state index contributed by atoms with van der Waals surface area (Å²) in [5.41, 5.74) is 1.01. The van der Waals surface area contributed by atoms with E-state index in [0.717, 1.165) is 76.3 Å². The number of rotatable bonds is 11. The number of ether oxygens (including phenoxy) is 3. The van der Waals surface area contributed by atoms with E-state index in [2.05, 4.69) is 17.0 Å². The average molecular weight is 501 g/mol. The van der Waals surface area contributed by atoms with Gasteiger partial charge in [0.1, 0.15) is 23.7 Å². The second-order valence-electron chi connectivity index (χ2n) is 9.59. The number of carbonyl (C=O) groups excluding carboxylic acids is 1. The summed E-state index contributed by atoms with van der Waals surface area (Å²) in [4.78, 5) is 16.3. The molecule has 2 aromatic carbocycles. The molecule has 35 heavy (non-hydrogen) atoms. The van der Waals surface area contributed by atoms with Gasteiger partial charge in [0.25, 0.3) is 0 Å². The fourth-order valence-corrected chi connectivity index (χ4v) is 4.97. The molecule has 2 aliphatic heterocycles. The number of carbonyl (C=O) groups is 1. The van der Waals surface area contributed by atoms with Crippen molar-refractivity contribution in [2.75, 3.05) is 46.5 Å². The lowest BCUT2D eigenvalue weighted by atomic mass is 9.91. The summed E-state index contributed by atoms with van der Waals surface area (Å²) in [6, 6.07) is 15.9. The molecule has 0 aromatic heterocycles. The molecule has 1 amide bonds. The molecule has 0 radical (unpaired) electrons. The van der Waals surface area contributed by atoms with Gasteiger partial charge in [-0.2, -0.15) is 0 Å². The van der Waals surface area contributed by atoms with Crippen molar-refractivity contribution in [3.63, 3.8) is 0 Å². The van der Waals surface area contributed by atoms with Crippen molar-refractivity contribution in [3.05, 3.63) is 59.1 Å². The van der Waals surface area contributed by atoms with Crippen LogP contribution in [0, 0.1) is 0 Å². The smallest absolute Gasteiger partial charge is 0.222 e. The summed E-state index contributed by atoms with van der Waals surface area (Å²) in [6.45, 7) is 5.66. The van der Waals surface area contributed by atoms with E-state index in [0.29, 0.717) is 24.7 Å². The van der Waals surface area contributed by atoms with Gasteiger partial charge in [-0.05, 0) is 68.0 Å². The van der Waals surface area contributed by atoms with Gasteiger partial charge in [0.15, 0.2) is 0 Å². The summed E-state index contributed by atoms with van der Waals surface area (Å²) in [5, 5.41) is 0.675. The van der Waals surface area contributed by atoms with E-state index in [-0.39, 0.29) is 11.5 Å². The SMILES string of the molecule is COC1(COc2cccc(Cl)c2)CCN(Cc2ccc(OCCCN3CCCCC3=O)cc2)CC1. The van der Waals surface area contributed by atoms with E-state index in [1.54, 1.807) is 7.11 Å². The van der Waals surface area contributed by atoms with Crippen LogP contribution in [-0.4, -0.2) is 67.8 Å². The average Bonchev–Trinajstić information content (AvgIpc) is 2.88. The maximum atomic E-state index is 11.9. The zero-order chi connectivity index (χ0) is 24.5. The Morgan fingerprint density at radius 3 is 2.49 bits per heavy atom. The minimum atomic E-state index is -0.269. The molecule has 2 saturated heterocycles. The van der Waals surface area contributed by atoms with Crippen LogP contribution in [0.1, 0.15) is 44.1 Å². The highest BCUT2D eigenvalue weighted by Gasteiger charge is 2.35. The number of halogens is 1. The molecule has 0 unspecified atom stereocenters. The van der Waals surface area contributed by atoms with Crippen LogP contribution in [0.25, 0.3) is 0 Å². The van der Waals surface area contributed by atoms with Crippen LogP contribution in [0.4, 0.5) is 0 Å². The van der Waals surface area contributed by atoms with Crippen molar-refractivity contribution in [2.45, 2.75) is 50.7 Å². The van der Waals surface area contributed by atoms with Crippen LogP contribution in [0.3, 0.4) is 0 Å². The van der Waals surface area contributed by atoms with Crippen LogP contribution in [0.15, 0.2) is 48.5 Å². The van der Waals surface area contributed by atoms with Crippen LogP contribution >= 0.6 is 11.6 Å². The third-order valence-electron chi connectivity index (χ3n) is 7.09. The fraction of sp³-hybridized carbons (Fsp3) is 0.536. The van der Waals surface area contributed by atoms with E-state index in [1.165, 1.54) is 5.56 Å². The highest BCUT2D eigenvalue weighted by atomic mass is 35.5. The van der Waals surface area contributed by atoms with E-state index in [4.69, 9.17) is 25.8 Å². The van der Waals surface area contributed by atoms with E-state index in [9.17, 15) is 4.79 Å². The predicted molar refractivity (Wildman–Crippen MR) is 138 cm³/mol. The first-order valence-electron chi connectivity index (χ1n) is 12.7. The number of benzene rings is 2. The Morgan fingerprint density at radius 1 is 0.971 bits per heavy atom. The predicted octanol–water partition coefficient (Wildman–Crippen LogP) is 5.18. The molecule has 2 fully saturated rings. The lowest BCUT2D eigenvalue weighted by Crippen LogP contribution is -2.48. The molecular formula is C28H37ClN2O4. The number of methoxy groups -OCH3 is 1. The number of amides is 1. The van der Waals surface area contributed by atoms with E-state index >= 15 is 0 Å². The van der Waals surface area contributed by atoms with E-state index in [1.807, 2.05) is 41.3 Å². The molecule has 2 aliphatic rings. The minimum Gasteiger partial charge on any atom is -0.494 e. The molecule has 0 N–H and O–H groups in total. The summed E-state index contributed by atoms with van der Waals surface area (Å²) < 4.78 is 17.8. The first-order chi connectivity index (χ1) is 17.0. The number of likely N-dealkylation sites (tertiary alicyclic amines) is 2. The van der Waals surface area contributed by atoms with Crippen LogP contribution in [0.5, 0.6) is 11.5 Å². The van der Waals surface area contributed by atoms with Crippen molar-refractivity contribution in [1.82, 2.24) is 9.80 Å². The second-order valence-corrected chi connectivity index (χ2v) is 10.0. The fourth-order valence-electron chi connectivity index (χ4n) is 4.79. The number of nitrogens with zero attached hydrogens (tertiary/aromatic N) is 2. The summed E-state index contributed by atoms with van der Waals surface area (Å²) in [7, 11) is 1.78. The number of piperidine rings is 2. The Labute approximate surface area is 214 Å². The van der Waals surface area contributed by atoms with Gasteiger partial charge < -0.3 is 19.1 Å². The summed E-state index contributed by atoms with van der Waals surface area (Å²) in [5.74, 6) is 1.95. The molecule has 0 saturated carbocycles. The molecule has 7 heteroatoms. The normalized spacial score (nSPS) is 18.5. The van der Waals surface area contributed by atoms with Gasteiger partial charge in [-0.1, -0.05) is 29.8 Å². The van der Waals surface area contributed by atoms with Gasteiger partial charge in [-0.25, -0.2) is 0 Å². The molecule has 190 valence electrons. The zero-order valence-electron chi connectivity index (χ0n) is 20.7. The number of hydrogen-bond donors (Lipinski definition) is 0. The van der Waals surface area contributed by atoms with Gasteiger partial charge in [-0.3, -0.25) is 9.69 Å². The Morgan fingerprint density at radius 2 is 1.77 bits per heavy atom. The van der Waals surface area contributed by atoms with Gasteiger partial charge in [0, 0.05) is 51.3 Å². The molecule has 6 nitrogen and oxygen atoms in total. The first-order valence-corrected chi connectivity index (χ1v) is 13.1. The quantitative estimate of drug-likeness (QED) is 0.398. The zero-order valence-corrected chi connectivity index (χ0v) is 21.5. The van der Waals surface area contributed by atoms with Crippen LogP contribution < -0.4 is 9.47 Å². The second kappa shape index (κ2) is 12.6. The van der Waals surface area contributed by atoms with Crippen molar-refractivity contribution < 1.29 is 19.0 Å². The van der Waals surface area contributed by atoms with Gasteiger partial charge >= 0.3 is 0 Å². The summed E-state index contributed by atoms with van der Waals surface area (Å²) >= 11 is 6.07. The standard InChI is InChI=1S/C28H37ClN2O4/c1-33-28(22-35-26-7-4-6-24(29)20-26)13-17-30(18-14-28)21-23-9-11-25(12-10-23)34-19-5-16-31-15-3-2-8-27(31)32/h4,6-7,9-12,20H,2-3,5,8,13-19,21-22H2,1H3. The lowest BCUT2D eigenvalue weighted by molar-refractivity contribution is -0.133. The third-order valence-corrected chi connectivity index (χ3v) is 7.33. The van der Waals surface area contributed by atoms with Crippen molar-refractivity contribution in [1.29, 1.82) is 0 Å². The van der Waals surface area contributed by atoms with Crippen molar-refractivity contribution in [2.24, 2.45) is 0 Å². The van der Waals surface area contributed by atoms with Gasteiger partial charge in [0.05, 0.1) is 6.61 Å². The highest BCUT2D eigenvalue weighted by Crippen LogP contribution is 2.29. The van der Waals surface area contributed by atoms with Gasteiger partial charge in [-0.15, -0.1) is 0 Å². The Kier molecular flexibility index (Phi) is 9.30. The molecule has 2 heterocycles. The number of hydrogen-bond acceptors (Lipinski definition) is 5. The molecule has 0 aliphatic carbocycles. The van der Waals surface area contributed by atoms with Crippen molar-refractivity contribution in [3.8, 4) is 11.5 Å². The van der Waals surface area contributed by atoms with Gasteiger partial charge in [0.2, 0.25) is 5.91 Å². The molecule has 0 atom stereocenters. The molecule has 4 rings (SSSR count). The largest absolute Gasteiger partial charge is 0.494 e. The Balaban J connectivity index is 1.17. The minimum absolute atomic E-state index is 0.269. The Bertz CT molecular complexity index is 944. The molecule has 0 spiro atoms. The van der Waals surface area contributed by atoms with Crippen LogP contribution in [-0.2, 0) is 16.1 Å².